The molecule has 0 radical (unpaired) electrons. The second kappa shape index (κ2) is 6.84. The smallest absolute Gasteiger partial charge is 0.0973 e. The summed E-state index contributed by atoms with van der Waals surface area (Å²) < 4.78 is 3.78. The molecule has 4 rings (SSSR count). The molecular weight excluding hydrogens is 324 g/mol. The van der Waals surface area contributed by atoms with E-state index in [0.717, 1.165) is 33.9 Å². The molecule has 1 N–H and O–H groups in total. The maximum Gasteiger partial charge on any atom is 0.0973 e. The van der Waals surface area contributed by atoms with Gasteiger partial charge < -0.3 is 5.32 Å². The molecule has 130 valence electrons. The fourth-order valence-corrected chi connectivity index (χ4v) is 3.02. The van der Waals surface area contributed by atoms with Crippen LogP contribution in [0.2, 0.25) is 0 Å². The number of aromatic nitrogens is 5. The number of hydrogen-bond donors (Lipinski definition) is 1. The van der Waals surface area contributed by atoms with Gasteiger partial charge in [0.1, 0.15) is 0 Å². The van der Waals surface area contributed by atoms with Crippen LogP contribution in [0.1, 0.15) is 11.3 Å². The molecule has 0 unspecified atom stereocenters. The van der Waals surface area contributed by atoms with E-state index in [2.05, 4.69) is 27.4 Å². The zero-order valence-corrected chi connectivity index (χ0v) is 14.8. The lowest BCUT2D eigenvalue weighted by Gasteiger charge is -2.08. The maximum atomic E-state index is 4.60. The van der Waals surface area contributed by atoms with Crippen molar-refractivity contribution >= 4 is 5.69 Å². The summed E-state index contributed by atoms with van der Waals surface area (Å²) in [4.78, 5) is 4.08. The number of anilines is 1. The van der Waals surface area contributed by atoms with Gasteiger partial charge in [-0.2, -0.15) is 10.2 Å². The van der Waals surface area contributed by atoms with E-state index < -0.39 is 0 Å². The van der Waals surface area contributed by atoms with Gasteiger partial charge in [-0.05, 0) is 31.2 Å². The highest BCUT2D eigenvalue weighted by Gasteiger charge is 2.12. The first-order valence-electron chi connectivity index (χ1n) is 8.49. The van der Waals surface area contributed by atoms with Gasteiger partial charge >= 0.3 is 0 Å². The zero-order valence-electron chi connectivity index (χ0n) is 14.8. The second-order valence-corrected chi connectivity index (χ2v) is 6.16. The van der Waals surface area contributed by atoms with Crippen LogP contribution in [-0.4, -0.2) is 24.5 Å². The number of rotatable bonds is 5. The van der Waals surface area contributed by atoms with Crippen LogP contribution in [-0.2, 0) is 13.6 Å². The van der Waals surface area contributed by atoms with Gasteiger partial charge in [-0.1, -0.05) is 18.2 Å². The van der Waals surface area contributed by atoms with E-state index in [-0.39, 0.29) is 0 Å². The van der Waals surface area contributed by atoms with Crippen molar-refractivity contribution in [1.82, 2.24) is 24.5 Å². The Kier molecular flexibility index (Phi) is 4.23. The quantitative estimate of drug-likeness (QED) is 0.601. The molecule has 0 atom stereocenters. The molecule has 1 aromatic carbocycles. The Morgan fingerprint density at radius 1 is 1.04 bits per heavy atom. The minimum atomic E-state index is 0.673. The van der Waals surface area contributed by atoms with Gasteiger partial charge in [-0.25, -0.2) is 4.68 Å². The fourth-order valence-electron chi connectivity index (χ4n) is 3.02. The van der Waals surface area contributed by atoms with Crippen LogP contribution in [0.15, 0.2) is 67.3 Å². The fraction of sp³-hybridized carbons (Fsp3) is 0.150. The van der Waals surface area contributed by atoms with Gasteiger partial charge in [0.15, 0.2) is 0 Å². The molecule has 0 aliphatic heterocycles. The van der Waals surface area contributed by atoms with Gasteiger partial charge in [-0.15, -0.1) is 0 Å². The Morgan fingerprint density at radius 3 is 2.58 bits per heavy atom. The topological polar surface area (TPSA) is 60.6 Å². The largest absolute Gasteiger partial charge is 0.378 e. The van der Waals surface area contributed by atoms with Crippen molar-refractivity contribution < 1.29 is 0 Å². The Labute approximate surface area is 152 Å². The van der Waals surface area contributed by atoms with E-state index >= 15 is 0 Å². The zero-order chi connectivity index (χ0) is 17.9. The number of aryl methyl sites for hydroxylation is 1. The summed E-state index contributed by atoms with van der Waals surface area (Å²) >= 11 is 0. The first-order chi connectivity index (χ1) is 12.7. The highest BCUT2D eigenvalue weighted by Crippen LogP contribution is 2.23. The molecule has 0 aliphatic rings. The summed E-state index contributed by atoms with van der Waals surface area (Å²) in [7, 11) is 1.94. The van der Waals surface area contributed by atoms with Crippen LogP contribution < -0.4 is 5.32 Å². The molecule has 0 aliphatic carbocycles. The molecule has 4 aromatic rings. The molecule has 26 heavy (non-hydrogen) atoms. The summed E-state index contributed by atoms with van der Waals surface area (Å²) in [5.74, 6) is 0. The lowest BCUT2D eigenvalue weighted by atomic mass is 10.1. The molecule has 0 saturated heterocycles. The van der Waals surface area contributed by atoms with Crippen molar-refractivity contribution in [2.24, 2.45) is 7.05 Å². The molecule has 0 spiro atoms. The van der Waals surface area contributed by atoms with Gasteiger partial charge in [0, 0.05) is 43.3 Å². The first-order valence-corrected chi connectivity index (χ1v) is 8.49. The van der Waals surface area contributed by atoms with Crippen molar-refractivity contribution in [3.63, 3.8) is 0 Å². The van der Waals surface area contributed by atoms with Crippen molar-refractivity contribution in [2.75, 3.05) is 5.32 Å². The summed E-state index contributed by atoms with van der Waals surface area (Å²) in [6.07, 6.45) is 7.48. The Morgan fingerprint density at radius 2 is 1.81 bits per heavy atom. The molecule has 6 heteroatoms. The SMILES string of the molecule is Cc1c(NCc2cn(C)nc2-c2ccncc2)cnn1-c1ccccc1. The standard InChI is InChI=1S/C20H20N6/c1-15-19(13-23-26(15)18-6-4-3-5-7-18)22-12-17-14-25(2)24-20(17)16-8-10-21-11-9-16/h3-11,13-14,22H,12H2,1-2H3. The van der Waals surface area contributed by atoms with Crippen LogP contribution in [0.25, 0.3) is 16.9 Å². The minimum Gasteiger partial charge on any atom is -0.378 e. The molecule has 3 aromatic heterocycles. The Bertz CT molecular complexity index is 1000. The van der Waals surface area contributed by atoms with Crippen molar-refractivity contribution in [1.29, 1.82) is 0 Å². The van der Waals surface area contributed by atoms with Crippen molar-refractivity contribution in [3.8, 4) is 16.9 Å². The molecule has 0 fully saturated rings. The third-order valence-corrected chi connectivity index (χ3v) is 4.34. The molecular formula is C20H20N6. The lowest BCUT2D eigenvalue weighted by molar-refractivity contribution is 0.770. The first kappa shape index (κ1) is 16.1. The molecule has 6 nitrogen and oxygen atoms in total. The number of pyridine rings is 1. The number of nitrogens with zero attached hydrogens (tertiary/aromatic N) is 5. The van der Waals surface area contributed by atoms with Gasteiger partial charge in [0.05, 0.1) is 29.0 Å². The van der Waals surface area contributed by atoms with E-state index in [0.29, 0.717) is 6.54 Å². The Hall–Kier alpha value is -3.41. The van der Waals surface area contributed by atoms with Gasteiger partial charge in [-0.3, -0.25) is 9.67 Å². The summed E-state index contributed by atoms with van der Waals surface area (Å²) in [6, 6.07) is 14.1. The lowest BCUT2D eigenvalue weighted by Crippen LogP contribution is -2.03. The predicted octanol–water partition coefficient (Wildman–Crippen LogP) is 3.59. The van der Waals surface area contributed by atoms with E-state index in [1.54, 1.807) is 12.4 Å². The van der Waals surface area contributed by atoms with E-state index in [4.69, 9.17) is 0 Å². The highest BCUT2D eigenvalue weighted by atomic mass is 15.3. The Balaban J connectivity index is 1.57. The molecule has 3 heterocycles. The van der Waals surface area contributed by atoms with Crippen LogP contribution >= 0.6 is 0 Å². The van der Waals surface area contributed by atoms with Crippen molar-refractivity contribution in [3.05, 3.63) is 78.5 Å². The van der Waals surface area contributed by atoms with Crippen LogP contribution in [0.3, 0.4) is 0 Å². The maximum absolute atomic E-state index is 4.60. The summed E-state index contributed by atoms with van der Waals surface area (Å²) in [5, 5.41) is 12.6. The third kappa shape index (κ3) is 3.09. The van der Waals surface area contributed by atoms with Crippen LogP contribution in [0.4, 0.5) is 5.69 Å². The van der Waals surface area contributed by atoms with E-state index in [9.17, 15) is 0 Å². The minimum absolute atomic E-state index is 0.673. The number of hydrogen-bond acceptors (Lipinski definition) is 4. The highest BCUT2D eigenvalue weighted by molar-refractivity contribution is 5.63. The van der Waals surface area contributed by atoms with Crippen LogP contribution in [0, 0.1) is 6.92 Å². The van der Waals surface area contributed by atoms with Crippen LogP contribution in [0.5, 0.6) is 0 Å². The molecule has 0 saturated carbocycles. The molecule has 0 amide bonds. The second-order valence-electron chi connectivity index (χ2n) is 6.16. The number of para-hydroxylation sites is 1. The molecule has 0 bridgehead atoms. The van der Waals surface area contributed by atoms with Gasteiger partial charge in [0.2, 0.25) is 0 Å². The normalized spacial score (nSPS) is 10.8. The number of nitrogens with one attached hydrogen (secondary N) is 1. The van der Waals surface area contributed by atoms with E-state index in [1.165, 1.54) is 0 Å². The average Bonchev–Trinajstić information content (AvgIpc) is 3.24. The predicted molar refractivity (Wildman–Crippen MR) is 102 cm³/mol. The average molecular weight is 344 g/mol. The van der Waals surface area contributed by atoms with E-state index in [1.807, 2.05) is 71.3 Å². The van der Waals surface area contributed by atoms with Gasteiger partial charge in [0.25, 0.3) is 0 Å². The monoisotopic (exact) mass is 344 g/mol. The van der Waals surface area contributed by atoms with Crippen molar-refractivity contribution in [2.45, 2.75) is 13.5 Å². The summed E-state index contributed by atoms with van der Waals surface area (Å²) in [6.45, 7) is 2.74. The number of benzene rings is 1. The summed E-state index contributed by atoms with van der Waals surface area (Å²) in [5.41, 5.74) is 6.30. The third-order valence-electron chi connectivity index (χ3n) is 4.34.